The second-order valence-electron chi connectivity index (χ2n) is 6.34. The highest BCUT2D eigenvalue weighted by atomic mass is 79.9. The molecular formula is C19H18BrNO2. The number of rotatable bonds is 3. The van der Waals surface area contributed by atoms with Crippen molar-refractivity contribution in [3.05, 3.63) is 64.1 Å². The van der Waals surface area contributed by atoms with E-state index in [1.54, 1.807) is 0 Å². The first-order chi connectivity index (χ1) is 11.1. The van der Waals surface area contributed by atoms with E-state index in [2.05, 4.69) is 27.3 Å². The van der Waals surface area contributed by atoms with Crippen LogP contribution in [0.25, 0.3) is 0 Å². The summed E-state index contributed by atoms with van der Waals surface area (Å²) >= 11 is 3.59. The van der Waals surface area contributed by atoms with E-state index < -0.39 is 6.10 Å². The van der Waals surface area contributed by atoms with E-state index in [0.717, 1.165) is 22.2 Å². The first-order valence-corrected chi connectivity index (χ1v) is 8.75. The third-order valence-electron chi connectivity index (χ3n) is 4.80. The standard InChI is InChI=1S/C19H18BrNO2/c1-11-12-6-3-5-9-17(12)23-18(11)19(22)21-16-10-14(16)13-7-2-4-8-15(13)20/h2-9,11,14,16,18H,10H2,1H3,(H,21,22)/t11-,14-,16+,18-/m0/s1. The lowest BCUT2D eigenvalue weighted by atomic mass is 9.97. The van der Waals surface area contributed by atoms with Crippen molar-refractivity contribution in [1.82, 2.24) is 5.32 Å². The second-order valence-corrected chi connectivity index (χ2v) is 7.20. The second kappa shape index (κ2) is 5.68. The molecule has 0 spiro atoms. The largest absolute Gasteiger partial charge is 0.480 e. The Hall–Kier alpha value is -1.81. The van der Waals surface area contributed by atoms with Crippen LogP contribution in [-0.2, 0) is 4.79 Å². The third kappa shape index (κ3) is 2.65. The lowest BCUT2D eigenvalue weighted by molar-refractivity contribution is -0.128. The van der Waals surface area contributed by atoms with E-state index in [1.165, 1.54) is 5.56 Å². The molecule has 23 heavy (non-hydrogen) atoms. The van der Waals surface area contributed by atoms with E-state index in [-0.39, 0.29) is 17.9 Å². The molecule has 1 heterocycles. The quantitative estimate of drug-likeness (QED) is 0.885. The van der Waals surface area contributed by atoms with Crippen molar-refractivity contribution < 1.29 is 9.53 Å². The summed E-state index contributed by atoms with van der Waals surface area (Å²) in [6, 6.07) is 16.3. The summed E-state index contributed by atoms with van der Waals surface area (Å²) in [5.41, 5.74) is 2.38. The smallest absolute Gasteiger partial charge is 0.261 e. The van der Waals surface area contributed by atoms with Crippen LogP contribution in [0, 0.1) is 0 Å². The van der Waals surface area contributed by atoms with Crippen molar-refractivity contribution in [3.63, 3.8) is 0 Å². The zero-order valence-corrected chi connectivity index (χ0v) is 14.4. The zero-order chi connectivity index (χ0) is 16.0. The molecule has 1 aliphatic heterocycles. The molecule has 1 N–H and O–H groups in total. The minimum absolute atomic E-state index is 0.00625. The van der Waals surface area contributed by atoms with Gasteiger partial charge in [0.2, 0.25) is 0 Å². The molecule has 2 aliphatic rings. The van der Waals surface area contributed by atoms with Gasteiger partial charge in [-0.3, -0.25) is 4.79 Å². The molecule has 2 aromatic rings. The Morgan fingerprint density at radius 2 is 1.83 bits per heavy atom. The number of carbonyl (C=O) groups excluding carboxylic acids is 1. The minimum atomic E-state index is -0.423. The van der Waals surface area contributed by atoms with Crippen LogP contribution in [0.2, 0.25) is 0 Å². The van der Waals surface area contributed by atoms with Crippen LogP contribution in [0.3, 0.4) is 0 Å². The van der Waals surface area contributed by atoms with Gasteiger partial charge in [-0.25, -0.2) is 0 Å². The molecule has 1 aliphatic carbocycles. The summed E-state index contributed by atoms with van der Waals surface area (Å²) in [6.07, 6.45) is 0.565. The average molecular weight is 372 g/mol. The number of hydrogen-bond donors (Lipinski definition) is 1. The molecule has 1 fully saturated rings. The van der Waals surface area contributed by atoms with E-state index in [4.69, 9.17) is 4.74 Å². The molecule has 0 saturated heterocycles. The molecule has 4 rings (SSSR count). The first-order valence-electron chi connectivity index (χ1n) is 7.95. The maximum absolute atomic E-state index is 12.6. The summed E-state index contributed by atoms with van der Waals surface area (Å²) in [5.74, 6) is 1.31. The molecule has 2 aromatic carbocycles. The molecule has 118 valence electrons. The zero-order valence-electron chi connectivity index (χ0n) is 12.8. The molecule has 1 amide bonds. The van der Waals surface area contributed by atoms with Gasteiger partial charge in [-0.05, 0) is 24.1 Å². The van der Waals surface area contributed by atoms with Crippen LogP contribution in [0.5, 0.6) is 5.75 Å². The summed E-state index contributed by atoms with van der Waals surface area (Å²) in [5, 5.41) is 3.15. The van der Waals surface area contributed by atoms with Crippen molar-refractivity contribution in [2.24, 2.45) is 0 Å². The summed E-state index contributed by atoms with van der Waals surface area (Å²) in [4.78, 5) is 12.6. The molecule has 0 aromatic heterocycles. The van der Waals surface area contributed by atoms with Gasteiger partial charge in [0.15, 0.2) is 6.10 Å². The average Bonchev–Trinajstić information content (AvgIpc) is 3.23. The Bertz CT molecular complexity index is 761. The van der Waals surface area contributed by atoms with E-state index in [0.29, 0.717) is 5.92 Å². The maximum atomic E-state index is 12.6. The molecule has 1 saturated carbocycles. The number of halogens is 1. The Balaban J connectivity index is 1.42. The molecule has 4 atom stereocenters. The fourth-order valence-electron chi connectivity index (χ4n) is 3.39. The summed E-state index contributed by atoms with van der Waals surface area (Å²) in [7, 11) is 0. The number of nitrogens with one attached hydrogen (secondary N) is 1. The first kappa shape index (κ1) is 14.8. The topological polar surface area (TPSA) is 38.3 Å². The predicted octanol–water partition coefficient (Wildman–Crippen LogP) is 3.99. The van der Waals surface area contributed by atoms with Crippen LogP contribution < -0.4 is 10.1 Å². The SMILES string of the molecule is C[C@H]1c2ccccc2O[C@@H]1C(=O)N[C@@H]1C[C@H]1c1ccccc1Br. The Morgan fingerprint density at radius 3 is 2.57 bits per heavy atom. The molecule has 4 heteroatoms. The van der Waals surface area contributed by atoms with Gasteiger partial charge in [-0.15, -0.1) is 0 Å². The van der Waals surface area contributed by atoms with Crippen molar-refractivity contribution in [2.45, 2.75) is 37.3 Å². The number of hydrogen-bond acceptors (Lipinski definition) is 2. The number of ether oxygens (including phenoxy) is 1. The number of benzene rings is 2. The van der Waals surface area contributed by atoms with Gasteiger partial charge < -0.3 is 10.1 Å². The van der Waals surface area contributed by atoms with Gasteiger partial charge >= 0.3 is 0 Å². The number of fused-ring (bicyclic) bond motifs is 1. The van der Waals surface area contributed by atoms with Gasteiger partial charge in [0.05, 0.1) is 0 Å². The normalized spacial score (nSPS) is 27.9. The highest BCUT2D eigenvalue weighted by Gasteiger charge is 2.44. The summed E-state index contributed by atoms with van der Waals surface area (Å²) in [6.45, 7) is 2.05. The van der Waals surface area contributed by atoms with Gasteiger partial charge in [0.25, 0.3) is 5.91 Å². The lowest BCUT2D eigenvalue weighted by Gasteiger charge is -2.15. The number of para-hydroxylation sites is 1. The fraction of sp³-hybridized carbons (Fsp3) is 0.316. The molecular weight excluding hydrogens is 354 g/mol. The lowest BCUT2D eigenvalue weighted by Crippen LogP contribution is -2.40. The predicted molar refractivity (Wildman–Crippen MR) is 92.7 cm³/mol. The highest BCUT2D eigenvalue weighted by molar-refractivity contribution is 9.10. The fourth-order valence-corrected chi connectivity index (χ4v) is 3.96. The minimum Gasteiger partial charge on any atom is -0.480 e. The van der Waals surface area contributed by atoms with Gasteiger partial charge in [0, 0.05) is 27.9 Å². The van der Waals surface area contributed by atoms with Gasteiger partial charge in [0.1, 0.15) is 5.75 Å². The maximum Gasteiger partial charge on any atom is 0.261 e. The van der Waals surface area contributed by atoms with Gasteiger partial charge in [-0.1, -0.05) is 59.3 Å². The summed E-state index contributed by atoms with van der Waals surface area (Å²) < 4.78 is 6.96. The van der Waals surface area contributed by atoms with Crippen LogP contribution in [0.4, 0.5) is 0 Å². The van der Waals surface area contributed by atoms with Crippen molar-refractivity contribution >= 4 is 21.8 Å². The third-order valence-corrected chi connectivity index (χ3v) is 5.52. The molecule has 0 radical (unpaired) electrons. The monoisotopic (exact) mass is 371 g/mol. The van der Waals surface area contributed by atoms with E-state index in [9.17, 15) is 4.79 Å². The molecule has 0 bridgehead atoms. The van der Waals surface area contributed by atoms with Crippen molar-refractivity contribution in [2.75, 3.05) is 0 Å². The Labute approximate surface area is 144 Å². The number of carbonyl (C=O) groups is 1. The van der Waals surface area contributed by atoms with Crippen LogP contribution in [0.1, 0.15) is 36.3 Å². The highest BCUT2D eigenvalue weighted by Crippen LogP contribution is 2.44. The van der Waals surface area contributed by atoms with E-state index >= 15 is 0 Å². The molecule has 3 nitrogen and oxygen atoms in total. The Kier molecular flexibility index (Phi) is 3.64. The molecule has 0 unspecified atom stereocenters. The van der Waals surface area contributed by atoms with Gasteiger partial charge in [-0.2, -0.15) is 0 Å². The van der Waals surface area contributed by atoms with Crippen LogP contribution in [-0.4, -0.2) is 18.1 Å². The number of amides is 1. The van der Waals surface area contributed by atoms with Crippen LogP contribution >= 0.6 is 15.9 Å². The van der Waals surface area contributed by atoms with E-state index in [1.807, 2.05) is 49.4 Å². The van der Waals surface area contributed by atoms with Crippen LogP contribution in [0.15, 0.2) is 53.0 Å². The van der Waals surface area contributed by atoms with Crippen molar-refractivity contribution in [1.29, 1.82) is 0 Å². The Morgan fingerprint density at radius 1 is 1.13 bits per heavy atom. The van der Waals surface area contributed by atoms with Crippen molar-refractivity contribution in [3.8, 4) is 5.75 Å².